The Hall–Kier alpha value is -1.97. The number of para-hydroxylation sites is 2. The maximum absolute atomic E-state index is 5.50. The maximum Gasteiger partial charge on any atom is 0.191 e. The molecule has 8 heteroatoms. The van der Waals surface area contributed by atoms with E-state index in [1.165, 1.54) is 5.56 Å². The fraction of sp³-hybridized carbons (Fsp3) is 0.500. The minimum atomic E-state index is 0. The van der Waals surface area contributed by atoms with Crippen LogP contribution in [-0.4, -0.2) is 55.1 Å². The third-order valence-corrected chi connectivity index (χ3v) is 4.66. The smallest absolute Gasteiger partial charge is 0.191 e. The Kier molecular flexibility index (Phi) is 8.88. The Morgan fingerprint density at radius 3 is 2.89 bits per heavy atom. The van der Waals surface area contributed by atoms with E-state index >= 15 is 0 Å². The highest BCUT2D eigenvalue weighted by Crippen LogP contribution is 2.30. The summed E-state index contributed by atoms with van der Waals surface area (Å²) in [5.74, 6) is 1.79. The summed E-state index contributed by atoms with van der Waals surface area (Å²) in [5, 5.41) is 11.2. The minimum absolute atomic E-state index is 0. The second kappa shape index (κ2) is 11.1. The molecule has 1 aliphatic heterocycles. The maximum atomic E-state index is 5.50. The topological polar surface area (TPSA) is 66.7 Å². The summed E-state index contributed by atoms with van der Waals surface area (Å²) in [6, 6.07) is 8.55. The predicted molar refractivity (Wildman–Crippen MR) is 125 cm³/mol. The minimum Gasteiger partial charge on any atom is -0.495 e. The highest BCUT2D eigenvalue weighted by Gasteiger charge is 2.25. The van der Waals surface area contributed by atoms with E-state index < -0.39 is 0 Å². The molecule has 28 heavy (non-hydrogen) atoms. The first-order chi connectivity index (χ1) is 13.2. The van der Waals surface area contributed by atoms with Crippen molar-refractivity contribution < 1.29 is 4.74 Å². The van der Waals surface area contributed by atoms with Crippen molar-refractivity contribution in [3.05, 3.63) is 42.2 Å². The molecule has 2 aromatic rings. The third-order valence-electron chi connectivity index (χ3n) is 4.66. The van der Waals surface area contributed by atoms with Gasteiger partial charge in [-0.15, -0.1) is 24.0 Å². The van der Waals surface area contributed by atoms with Gasteiger partial charge in [-0.05, 0) is 38.0 Å². The molecule has 0 saturated carbocycles. The molecule has 7 nitrogen and oxygen atoms in total. The van der Waals surface area contributed by atoms with Crippen molar-refractivity contribution in [2.24, 2.45) is 4.99 Å². The molecule has 1 unspecified atom stereocenters. The summed E-state index contributed by atoms with van der Waals surface area (Å²) in [5.41, 5.74) is 2.33. The van der Waals surface area contributed by atoms with Crippen LogP contribution in [-0.2, 0) is 6.54 Å². The van der Waals surface area contributed by atoms with Crippen LogP contribution in [0, 0.1) is 6.92 Å². The van der Waals surface area contributed by atoms with Crippen LogP contribution in [0.1, 0.15) is 18.9 Å². The zero-order chi connectivity index (χ0) is 19.1. The molecule has 2 N–H and O–H groups in total. The van der Waals surface area contributed by atoms with Gasteiger partial charge in [0.25, 0.3) is 0 Å². The number of nitrogens with zero attached hydrogens (tertiary/aromatic N) is 4. The molecular formula is C20H31IN6O. The van der Waals surface area contributed by atoms with E-state index in [0.29, 0.717) is 12.6 Å². The monoisotopic (exact) mass is 498 g/mol. The first kappa shape index (κ1) is 22.3. The quantitative estimate of drug-likeness (QED) is 0.349. The molecule has 0 spiro atoms. The van der Waals surface area contributed by atoms with E-state index in [-0.39, 0.29) is 24.0 Å². The van der Waals surface area contributed by atoms with E-state index in [0.717, 1.165) is 50.0 Å². The Balaban J connectivity index is 0.00000280. The summed E-state index contributed by atoms with van der Waals surface area (Å²) in [4.78, 5) is 7.07. The summed E-state index contributed by atoms with van der Waals surface area (Å²) >= 11 is 0. The Labute approximate surface area is 184 Å². The molecule has 0 radical (unpaired) electrons. The van der Waals surface area contributed by atoms with Gasteiger partial charge in [-0.1, -0.05) is 12.1 Å². The van der Waals surface area contributed by atoms with Crippen molar-refractivity contribution in [1.82, 2.24) is 20.4 Å². The van der Waals surface area contributed by atoms with Crippen LogP contribution >= 0.6 is 24.0 Å². The molecule has 1 aliphatic rings. The lowest BCUT2D eigenvalue weighted by molar-refractivity contribution is 0.415. The molecule has 1 saturated heterocycles. The lowest BCUT2D eigenvalue weighted by Gasteiger charge is -2.22. The highest BCUT2D eigenvalue weighted by molar-refractivity contribution is 14.0. The van der Waals surface area contributed by atoms with Gasteiger partial charge in [0.2, 0.25) is 0 Å². The zero-order valence-electron chi connectivity index (χ0n) is 16.9. The largest absolute Gasteiger partial charge is 0.495 e. The number of aliphatic imine (C=N–C) groups is 1. The van der Waals surface area contributed by atoms with Crippen LogP contribution in [0.5, 0.6) is 5.75 Å². The molecular weight excluding hydrogens is 467 g/mol. The van der Waals surface area contributed by atoms with Crippen molar-refractivity contribution in [1.29, 1.82) is 0 Å². The normalized spacial score (nSPS) is 16.6. The van der Waals surface area contributed by atoms with Crippen molar-refractivity contribution in [3.63, 3.8) is 0 Å². The fourth-order valence-electron chi connectivity index (χ4n) is 3.35. The number of rotatable bonds is 7. The number of anilines is 1. The summed E-state index contributed by atoms with van der Waals surface area (Å²) in [6.45, 7) is 8.39. The van der Waals surface area contributed by atoms with Gasteiger partial charge in [0.1, 0.15) is 5.75 Å². The first-order valence-electron chi connectivity index (χ1n) is 9.61. The molecule has 3 rings (SSSR count). The molecule has 1 fully saturated rings. The molecule has 1 atom stereocenters. The first-order valence-corrected chi connectivity index (χ1v) is 9.61. The van der Waals surface area contributed by atoms with E-state index in [1.807, 2.05) is 36.1 Å². The van der Waals surface area contributed by atoms with Gasteiger partial charge >= 0.3 is 0 Å². The zero-order valence-corrected chi connectivity index (χ0v) is 19.2. The molecule has 2 heterocycles. The summed E-state index contributed by atoms with van der Waals surface area (Å²) < 4.78 is 7.44. The van der Waals surface area contributed by atoms with Crippen LogP contribution in [0.4, 0.5) is 5.69 Å². The highest BCUT2D eigenvalue weighted by atomic mass is 127. The number of aromatic nitrogens is 2. The number of benzene rings is 1. The van der Waals surface area contributed by atoms with E-state index in [1.54, 1.807) is 7.11 Å². The van der Waals surface area contributed by atoms with Gasteiger partial charge in [0.15, 0.2) is 5.96 Å². The molecule has 0 amide bonds. The van der Waals surface area contributed by atoms with Crippen LogP contribution in [0.2, 0.25) is 0 Å². The number of nitrogens with one attached hydrogen (secondary N) is 2. The number of guanidine groups is 1. The van der Waals surface area contributed by atoms with E-state index in [4.69, 9.17) is 9.73 Å². The van der Waals surface area contributed by atoms with Crippen molar-refractivity contribution >= 4 is 35.6 Å². The van der Waals surface area contributed by atoms with Gasteiger partial charge in [0, 0.05) is 31.9 Å². The predicted octanol–water partition coefficient (Wildman–Crippen LogP) is 2.65. The van der Waals surface area contributed by atoms with Gasteiger partial charge in [-0.3, -0.25) is 9.67 Å². The number of methoxy groups -OCH3 is 1. The van der Waals surface area contributed by atoms with E-state index in [2.05, 4.69) is 39.7 Å². The van der Waals surface area contributed by atoms with E-state index in [9.17, 15) is 0 Å². The van der Waals surface area contributed by atoms with Crippen molar-refractivity contribution in [3.8, 4) is 5.75 Å². The van der Waals surface area contributed by atoms with Crippen LogP contribution < -0.4 is 20.3 Å². The lowest BCUT2D eigenvalue weighted by atomic mass is 10.2. The Morgan fingerprint density at radius 1 is 1.36 bits per heavy atom. The van der Waals surface area contributed by atoms with Crippen LogP contribution in [0.25, 0.3) is 0 Å². The Morgan fingerprint density at radius 2 is 2.18 bits per heavy atom. The van der Waals surface area contributed by atoms with Gasteiger partial charge in [-0.25, -0.2) is 0 Å². The van der Waals surface area contributed by atoms with Gasteiger partial charge in [0.05, 0.1) is 32.1 Å². The second-order valence-corrected chi connectivity index (χ2v) is 6.79. The van der Waals surface area contributed by atoms with Crippen molar-refractivity contribution in [2.75, 3.05) is 38.2 Å². The standard InChI is InChI=1S/C20H30N6O.HI/c1-4-21-20(22-10-12-26-14-16(2)13-23-26)24-17-9-11-25(15-17)18-7-5-6-8-19(18)27-3;/h5-8,13-14,17H,4,9-12,15H2,1-3H3,(H2,21,22,24);1H. The van der Waals surface area contributed by atoms with Crippen molar-refractivity contribution in [2.45, 2.75) is 32.9 Å². The Bertz CT molecular complexity index is 763. The summed E-state index contributed by atoms with van der Waals surface area (Å²) in [6.07, 6.45) is 4.98. The molecule has 1 aromatic heterocycles. The average Bonchev–Trinajstić information content (AvgIpc) is 3.31. The number of hydrogen-bond donors (Lipinski definition) is 2. The average molecular weight is 498 g/mol. The number of aryl methyl sites for hydroxylation is 1. The van der Waals surface area contributed by atoms with Crippen LogP contribution in [0.15, 0.2) is 41.7 Å². The molecule has 0 bridgehead atoms. The van der Waals surface area contributed by atoms with Gasteiger partial charge in [-0.2, -0.15) is 5.10 Å². The number of ether oxygens (including phenoxy) is 1. The van der Waals surface area contributed by atoms with Crippen LogP contribution in [0.3, 0.4) is 0 Å². The second-order valence-electron chi connectivity index (χ2n) is 6.79. The number of hydrogen-bond acceptors (Lipinski definition) is 4. The number of halogens is 1. The molecule has 0 aliphatic carbocycles. The lowest BCUT2D eigenvalue weighted by Crippen LogP contribution is -2.44. The summed E-state index contributed by atoms with van der Waals surface area (Å²) in [7, 11) is 1.72. The molecule has 1 aromatic carbocycles. The third kappa shape index (κ3) is 6.02. The van der Waals surface area contributed by atoms with Gasteiger partial charge < -0.3 is 20.3 Å². The fourth-order valence-corrected chi connectivity index (χ4v) is 3.35. The molecule has 154 valence electrons. The SMILES string of the molecule is CCNC(=NCCn1cc(C)cn1)NC1CCN(c2ccccc2OC)C1.I.